The highest BCUT2D eigenvalue weighted by Crippen LogP contribution is 2.37. The van der Waals surface area contributed by atoms with Crippen LogP contribution in [0.4, 0.5) is 0 Å². The third-order valence-electron chi connectivity index (χ3n) is 1.37. The van der Waals surface area contributed by atoms with Gasteiger partial charge in [0.05, 0.1) is 6.61 Å². The Labute approximate surface area is 104 Å². The first-order valence-corrected chi connectivity index (χ1v) is 6.18. The normalized spacial score (nSPS) is 10.4. The molecule has 1 N–H and O–H groups in total. The smallest absolute Gasteiger partial charge is 0.0704 e. The van der Waals surface area contributed by atoms with E-state index >= 15 is 0 Å². The van der Waals surface area contributed by atoms with Crippen molar-refractivity contribution >= 4 is 63.7 Å². The zero-order valence-corrected chi connectivity index (χ0v) is 12.1. The second-order valence-corrected chi connectivity index (χ2v) is 5.40. The number of aliphatic hydroxyl groups is 1. The summed E-state index contributed by atoms with van der Waals surface area (Å²) in [4.78, 5) is 0. The van der Waals surface area contributed by atoms with Crippen molar-refractivity contribution in [3.05, 3.63) is 29.5 Å². The maximum atomic E-state index is 9.02. The summed E-state index contributed by atoms with van der Waals surface area (Å²) in [7, 11) is 0. The van der Waals surface area contributed by atoms with E-state index in [0.29, 0.717) is 0 Å². The molecule has 1 rings (SSSR count). The molecule has 1 aromatic rings. The minimum Gasteiger partial charge on any atom is -0.392 e. The van der Waals surface area contributed by atoms with Gasteiger partial charge in [0.1, 0.15) is 0 Å². The van der Waals surface area contributed by atoms with Crippen LogP contribution in [-0.4, -0.2) is 5.11 Å². The number of aliphatic hydroxyl groups excluding tert-OH is 1. The summed E-state index contributed by atoms with van der Waals surface area (Å²) >= 11 is 13.5. The van der Waals surface area contributed by atoms with Crippen molar-refractivity contribution in [3.8, 4) is 0 Å². The van der Waals surface area contributed by atoms with Crippen molar-refractivity contribution in [2.75, 3.05) is 0 Å². The molecule has 12 heavy (non-hydrogen) atoms. The van der Waals surface area contributed by atoms with E-state index in [0.717, 1.165) is 23.5 Å². The van der Waals surface area contributed by atoms with Crippen LogP contribution in [0.5, 0.6) is 0 Å². The van der Waals surface area contributed by atoms with Crippen molar-refractivity contribution in [2.45, 2.75) is 6.61 Å². The SMILES string of the molecule is OCc1c(Br)cc(Br)c(Br)c1Br. The molecule has 0 aliphatic carbocycles. The monoisotopic (exact) mass is 420 g/mol. The van der Waals surface area contributed by atoms with E-state index < -0.39 is 0 Å². The van der Waals surface area contributed by atoms with Gasteiger partial charge in [-0.15, -0.1) is 0 Å². The quantitative estimate of drug-likeness (QED) is 0.529. The van der Waals surface area contributed by atoms with Gasteiger partial charge in [-0.2, -0.15) is 0 Å². The molecule has 0 aromatic heterocycles. The molecule has 0 atom stereocenters. The number of halogens is 4. The van der Waals surface area contributed by atoms with Crippen LogP contribution in [0.25, 0.3) is 0 Å². The maximum Gasteiger partial charge on any atom is 0.0704 e. The van der Waals surface area contributed by atoms with E-state index in [4.69, 9.17) is 5.11 Å². The third kappa shape index (κ3) is 2.12. The summed E-state index contributed by atoms with van der Waals surface area (Å²) in [5.41, 5.74) is 0.838. The lowest BCUT2D eigenvalue weighted by molar-refractivity contribution is 0.280. The van der Waals surface area contributed by atoms with Crippen molar-refractivity contribution in [1.29, 1.82) is 0 Å². The van der Waals surface area contributed by atoms with Crippen LogP contribution in [0, 0.1) is 0 Å². The third-order valence-corrected chi connectivity index (χ3v) is 5.46. The fourth-order valence-corrected chi connectivity index (χ4v) is 3.47. The summed E-state index contributed by atoms with van der Waals surface area (Å²) in [6, 6.07) is 1.89. The molecule has 0 spiro atoms. The van der Waals surface area contributed by atoms with E-state index in [2.05, 4.69) is 63.7 Å². The van der Waals surface area contributed by atoms with Gasteiger partial charge in [0, 0.05) is 23.5 Å². The van der Waals surface area contributed by atoms with E-state index in [1.54, 1.807) is 0 Å². The van der Waals surface area contributed by atoms with Gasteiger partial charge in [0.25, 0.3) is 0 Å². The highest BCUT2D eigenvalue weighted by Gasteiger charge is 2.10. The number of rotatable bonds is 1. The molecule has 0 bridgehead atoms. The van der Waals surface area contributed by atoms with E-state index in [1.807, 2.05) is 6.07 Å². The summed E-state index contributed by atoms with van der Waals surface area (Å²) in [6.07, 6.45) is 0. The van der Waals surface area contributed by atoms with Crippen LogP contribution in [0.1, 0.15) is 5.56 Å². The Balaban J connectivity index is 3.40. The average molecular weight is 424 g/mol. The Morgan fingerprint density at radius 2 is 1.58 bits per heavy atom. The number of benzene rings is 1. The van der Waals surface area contributed by atoms with Gasteiger partial charge >= 0.3 is 0 Å². The maximum absolute atomic E-state index is 9.02. The molecule has 0 radical (unpaired) electrons. The van der Waals surface area contributed by atoms with Crippen LogP contribution in [0.3, 0.4) is 0 Å². The topological polar surface area (TPSA) is 20.2 Å². The summed E-state index contributed by atoms with van der Waals surface area (Å²) < 4.78 is 3.60. The van der Waals surface area contributed by atoms with Gasteiger partial charge in [-0.1, -0.05) is 15.9 Å². The molecule has 5 heteroatoms. The van der Waals surface area contributed by atoms with Gasteiger partial charge in [0.15, 0.2) is 0 Å². The summed E-state index contributed by atoms with van der Waals surface area (Å²) in [5.74, 6) is 0. The van der Waals surface area contributed by atoms with Crippen molar-refractivity contribution in [1.82, 2.24) is 0 Å². The fourth-order valence-electron chi connectivity index (χ4n) is 0.749. The molecule has 0 saturated heterocycles. The first-order chi connectivity index (χ1) is 5.57. The first-order valence-electron chi connectivity index (χ1n) is 3.00. The molecular formula is C7H4Br4O. The zero-order chi connectivity index (χ0) is 9.30. The van der Waals surface area contributed by atoms with Gasteiger partial charge < -0.3 is 5.11 Å². The van der Waals surface area contributed by atoms with Crippen molar-refractivity contribution < 1.29 is 5.11 Å². The highest BCUT2D eigenvalue weighted by atomic mass is 79.9. The largest absolute Gasteiger partial charge is 0.392 e. The standard InChI is InChI=1S/C7H4Br4O/c8-4-1-5(9)7(11)6(10)3(4)2-12/h1,12H,2H2. The van der Waals surface area contributed by atoms with Crippen LogP contribution >= 0.6 is 63.7 Å². The predicted octanol–water partition coefficient (Wildman–Crippen LogP) is 4.23. The summed E-state index contributed by atoms with van der Waals surface area (Å²) in [5, 5.41) is 9.02. The highest BCUT2D eigenvalue weighted by molar-refractivity contribution is 9.14. The van der Waals surface area contributed by atoms with E-state index in [-0.39, 0.29) is 6.61 Å². The second-order valence-electron chi connectivity index (χ2n) is 2.10. The van der Waals surface area contributed by atoms with Crippen molar-refractivity contribution in [3.63, 3.8) is 0 Å². The van der Waals surface area contributed by atoms with Gasteiger partial charge in [-0.05, 0) is 53.9 Å². The van der Waals surface area contributed by atoms with Crippen LogP contribution in [0.15, 0.2) is 24.0 Å². The molecule has 0 aliphatic rings. The first kappa shape index (κ1) is 11.2. The minimum atomic E-state index is 0.00699. The summed E-state index contributed by atoms with van der Waals surface area (Å²) in [6.45, 7) is 0.00699. The molecule has 0 saturated carbocycles. The van der Waals surface area contributed by atoms with E-state index in [9.17, 15) is 0 Å². The van der Waals surface area contributed by atoms with Crippen LogP contribution < -0.4 is 0 Å². The molecule has 66 valence electrons. The molecule has 0 heterocycles. The van der Waals surface area contributed by atoms with E-state index in [1.165, 1.54) is 0 Å². The second kappa shape index (κ2) is 4.55. The molecule has 0 unspecified atom stereocenters. The Hall–Kier alpha value is 1.10. The van der Waals surface area contributed by atoms with Crippen LogP contribution in [-0.2, 0) is 6.61 Å². The lowest BCUT2D eigenvalue weighted by Crippen LogP contribution is -1.89. The van der Waals surface area contributed by atoms with Gasteiger partial charge in [0.2, 0.25) is 0 Å². The number of hydrogen-bond donors (Lipinski definition) is 1. The number of hydrogen-bond acceptors (Lipinski definition) is 1. The Morgan fingerprint density at radius 3 is 2.08 bits per heavy atom. The fraction of sp³-hybridized carbons (Fsp3) is 0.143. The molecule has 0 fully saturated rings. The molecule has 0 amide bonds. The predicted molar refractivity (Wildman–Crippen MR) is 63.2 cm³/mol. The zero-order valence-electron chi connectivity index (χ0n) is 5.74. The van der Waals surface area contributed by atoms with Gasteiger partial charge in [-0.3, -0.25) is 0 Å². The lowest BCUT2D eigenvalue weighted by atomic mass is 10.2. The molecule has 1 aromatic carbocycles. The molecular weight excluding hydrogens is 420 g/mol. The van der Waals surface area contributed by atoms with Crippen molar-refractivity contribution in [2.24, 2.45) is 0 Å². The lowest BCUT2D eigenvalue weighted by Gasteiger charge is -2.07. The Bertz CT molecular complexity index is 311. The molecule has 0 aliphatic heterocycles. The molecule has 1 nitrogen and oxygen atoms in total. The van der Waals surface area contributed by atoms with Crippen LogP contribution in [0.2, 0.25) is 0 Å². The average Bonchev–Trinajstić information content (AvgIpc) is 2.01. The Morgan fingerprint density at radius 1 is 1.00 bits per heavy atom. The van der Waals surface area contributed by atoms with Gasteiger partial charge in [-0.25, -0.2) is 0 Å². The Kier molecular flexibility index (Phi) is 4.24. The minimum absolute atomic E-state index is 0.00699.